The van der Waals surface area contributed by atoms with Crippen molar-refractivity contribution in [2.45, 2.75) is 32.2 Å². The van der Waals surface area contributed by atoms with E-state index in [1.54, 1.807) is 0 Å². The van der Waals surface area contributed by atoms with Crippen LogP contribution < -0.4 is 10.6 Å². The number of rotatable bonds is 4. The van der Waals surface area contributed by atoms with Gasteiger partial charge >= 0.3 is 0 Å². The van der Waals surface area contributed by atoms with Crippen LogP contribution in [0.2, 0.25) is 0 Å². The summed E-state index contributed by atoms with van der Waals surface area (Å²) < 4.78 is 2.29. The fourth-order valence-corrected chi connectivity index (χ4v) is 4.03. The van der Waals surface area contributed by atoms with Gasteiger partial charge < -0.3 is 20.1 Å². The van der Waals surface area contributed by atoms with Crippen molar-refractivity contribution in [2.75, 3.05) is 6.54 Å². The van der Waals surface area contributed by atoms with Gasteiger partial charge in [0, 0.05) is 35.4 Å². The molecule has 0 spiro atoms. The van der Waals surface area contributed by atoms with Crippen LogP contribution in [-0.2, 0) is 11.9 Å². The molecule has 1 saturated heterocycles. The molecule has 2 aliphatic rings. The first-order valence-electron chi connectivity index (χ1n) is 9.18. The molecule has 0 unspecified atom stereocenters. The van der Waals surface area contributed by atoms with Crippen LogP contribution >= 0.6 is 0 Å². The Morgan fingerprint density at radius 1 is 1.35 bits per heavy atom. The largest absolute Gasteiger partial charge is 0.352 e. The number of benzene rings is 1. The highest BCUT2D eigenvalue weighted by Gasteiger charge is 2.22. The molecule has 1 aromatic heterocycles. The van der Waals surface area contributed by atoms with Crippen LogP contribution in [0.4, 0.5) is 0 Å². The third-order valence-corrected chi connectivity index (χ3v) is 5.46. The number of aromatic nitrogens is 1. The molecule has 2 aliphatic heterocycles. The minimum Gasteiger partial charge on any atom is -0.352 e. The van der Waals surface area contributed by atoms with Crippen molar-refractivity contribution in [3.8, 4) is 0 Å². The molecule has 3 heterocycles. The normalized spacial score (nSPS) is 20.5. The first-order valence-corrected chi connectivity index (χ1v) is 9.18. The number of fused-ring (bicyclic) bond motifs is 1. The molecule has 4 rings (SSSR count). The number of nitrogens with one attached hydrogen (secondary N) is 2. The molecule has 0 bridgehead atoms. The third kappa shape index (κ3) is 2.73. The molecular weight excluding hydrogens is 326 g/mol. The minimum atomic E-state index is 0.362. The highest BCUT2D eigenvalue weighted by Crippen LogP contribution is 2.33. The molecule has 0 saturated carbocycles. The zero-order valence-electron chi connectivity index (χ0n) is 15.3. The van der Waals surface area contributed by atoms with Crippen LogP contribution in [0.3, 0.4) is 0 Å². The standard InChI is InChI=1S/C21H25N3O2/c1-4-14-12-20(26-25)13(2)23-21(14)15-7-8-18-16(10-15)11-19(24(18)3)17-6-5-9-22-17/h7-8,10-12,17,22-23,25H,2,4-6,9H2,1,3H3/t17-/m1/s1. The lowest BCUT2D eigenvalue weighted by Crippen LogP contribution is -2.19. The average molecular weight is 351 g/mol. The third-order valence-electron chi connectivity index (χ3n) is 5.46. The van der Waals surface area contributed by atoms with Crippen LogP contribution in [0.1, 0.15) is 43.5 Å². The quantitative estimate of drug-likeness (QED) is 0.570. The lowest BCUT2D eigenvalue weighted by atomic mass is 9.99. The lowest BCUT2D eigenvalue weighted by Gasteiger charge is -2.22. The minimum absolute atomic E-state index is 0.362. The van der Waals surface area contributed by atoms with Crippen molar-refractivity contribution in [1.82, 2.24) is 15.2 Å². The van der Waals surface area contributed by atoms with E-state index in [9.17, 15) is 0 Å². The first kappa shape index (κ1) is 16.9. The zero-order valence-corrected chi connectivity index (χ0v) is 15.3. The van der Waals surface area contributed by atoms with Crippen molar-refractivity contribution in [3.63, 3.8) is 0 Å². The average Bonchev–Trinajstić information content (AvgIpc) is 3.29. The van der Waals surface area contributed by atoms with Crippen molar-refractivity contribution in [1.29, 1.82) is 0 Å². The molecule has 1 atom stereocenters. The summed E-state index contributed by atoms with van der Waals surface area (Å²) in [5, 5.41) is 17.1. The van der Waals surface area contributed by atoms with E-state index in [1.165, 1.54) is 29.4 Å². The smallest absolute Gasteiger partial charge is 0.188 e. The van der Waals surface area contributed by atoms with Crippen LogP contribution in [0.5, 0.6) is 0 Å². The van der Waals surface area contributed by atoms with E-state index in [-0.39, 0.29) is 0 Å². The van der Waals surface area contributed by atoms with E-state index in [0.717, 1.165) is 29.8 Å². The Morgan fingerprint density at radius 2 is 2.19 bits per heavy atom. The second kappa shape index (κ2) is 6.67. The van der Waals surface area contributed by atoms with Gasteiger partial charge in [-0.05, 0) is 61.2 Å². The van der Waals surface area contributed by atoms with Crippen LogP contribution in [0.15, 0.2) is 53.9 Å². The van der Waals surface area contributed by atoms with Gasteiger partial charge in [0.05, 0.1) is 5.70 Å². The molecule has 1 fully saturated rings. The van der Waals surface area contributed by atoms with Gasteiger partial charge in [0.25, 0.3) is 0 Å². The topological polar surface area (TPSA) is 58.5 Å². The van der Waals surface area contributed by atoms with Crippen molar-refractivity contribution >= 4 is 16.6 Å². The zero-order chi connectivity index (χ0) is 18.3. The molecule has 0 aliphatic carbocycles. The molecule has 0 amide bonds. The van der Waals surface area contributed by atoms with E-state index in [0.29, 0.717) is 17.5 Å². The fourth-order valence-electron chi connectivity index (χ4n) is 4.03. The number of aryl methyl sites for hydroxylation is 1. The maximum atomic E-state index is 9.01. The molecule has 26 heavy (non-hydrogen) atoms. The van der Waals surface area contributed by atoms with Gasteiger partial charge in [-0.2, -0.15) is 0 Å². The predicted octanol–water partition coefficient (Wildman–Crippen LogP) is 4.21. The van der Waals surface area contributed by atoms with Crippen LogP contribution in [0.25, 0.3) is 16.6 Å². The summed E-state index contributed by atoms with van der Waals surface area (Å²) in [6, 6.07) is 9.27. The van der Waals surface area contributed by atoms with Gasteiger partial charge in [-0.3, -0.25) is 0 Å². The summed E-state index contributed by atoms with van der Waals surface area (Å²) in [7, 11) is 2.14. The number of nitrogens with zero attached hydrogens (tertiary/aromatic N) is 1. The highest BCUT2D eigenvalue weighted by atomic mass is 17.1. The van der Waals surface area contributed by atoms with Crippen molar-refractivity contribution < 1.29 is 10.1 Å². The molecular formula is C21H25N3O2. The molecule has 1 aromatic carbocycles. The Morgan fingerprint density at radius 3 is 2.88 bits per heavy atom. The van der Waals surface area contributed by atoms with Gasteiger partial charge in [-0.15, -0.1) is 0 Å². The summed E-state index contributed by atoms with van der Waals surface area (Å²) >= 11 is 0. The number of dihydropyridines is 1. The molecule has 3 N–H and O–H groups in total. The molecule has 2 aromatic rings. The van der Waals surface area contributed by atoms with E-state index >= 15 is 0 Å². The van der Waals surface area contributed by atoms with E-state index in [1.807, 2.05) is 6.08 Å². The summed E-state index contributed by atoms with van der Waals surface area (Å²) in [6.07, 6.45) is 5.10. The molecule has 5 heteroatoms. The fraction of sp³-hybridized carbons (Fsp3) is 0.333. The monoisotopic (exact) mass is 351 g/mol. The van der Waals surface area contributed by atoms with Crippen LogP contribution in [0, 0.1) is 0 Å². The van der Waals surface area contributed by atoms with Gasteiger partial charge in [0.15, 0.2) is 5.76 Å². The second-order valence-corrected chi connectivity index (χ2v) is 7.01. The Bertz CT molecular complexity index is 930. The van der Waals surface area contributed by atoms with Gasteiger partial charge in [-0.1, -0.05) is 19.6 Å². The SMILES string of the molecule is C=C1NC(c2ccc3c(c2)cc([C@H]2CCCN2)n3C)=C(CC)C=C1OO. The Kier molecular flexibility index (Phi) is 4.34. The highest BCUT2D eigenvalue weighted by molar-refractivity contribution is 5.87. The van der Waals surface area contributed by atoms with Crippen molar-refractivity contribution in [2.24, 2.45) is 7.05 Å². The maximum Gasteiger partial charge on any atom is 0.188 e. The Balaban J connectivity index is 1.79. The van der Waals surface area contributed by atoms with Crippen LogP contribution in [-0.4, -0.2) is 16.4 Å². The summed E-state index contributed by atoms with van der Waals surface area (Å²) in [6.45, 7) is 7.11. The first-order chi connectivity index (χ1) is 12.6. The second-order valence-electron chi connectivity index (χ2n) is 7.01. The lowest BCUT2D eigenvalue weighted by molar-refractivity contribution is -0.200. The molecule has 136 valence electrons. The molecule has 0 radical (unpaired) electrons. The summed E-state index contributed by atoms with van der Waals surface area (Å²) in [5.74, 6) is 0.362. The number of hydrogen-bond acceptors (Lipinski definition) is 4. The van der Waals surface area contributed by atoms with E-state index < -0.39 is 0 Å². The summed E-state index contributed by atoms with van der Waals surface area (Å²) in [4.78, 5) is 4.42. The summed E-state index contributed by atoms with van der Waals surface area (Å²) in [5.41, 5.74) is 6.35. The number of hydrogen-bond donors (Lipinski definition) is 3. The Labute approximate surface area is 153 Å². The van der Waals surface area contributed by atoms with Gasteiger partial charge in [0.2, 0.25) is 0 Å². The maximum absolute atomic E-state index is 9.01. The van der Waals surface area contributed by atoms with Gasteiger partial charge in [0.1, 0.15) is 0 Å². The van der Waals surface area contributed by atoms with Crippen molar-refractivity contribution in [3.05, 3.63) is 65.2 Å². The number of allylic oxidation sites excluding steroid dienone is 2. The van der Waals surface area contributed by atoms with Gasteiger partial charge in [-0.25, -0.2) is 5.26 Å². The van der Waals surface area contributed by atoms with E-state index in [2.05, 4.69) is 64.9 Å². The predicted molar refractivity (Wildman–Crippen MR) is 104 cm³/mol. The Hall–Kier alpha value is -2.50. The van der Waals surface area contributed by atoms with E-state index in [4.69, 9.17) is 5.26 Å². The molecule has 5 nitrogen and oxygen atoms in total.